The summed E-state index contributed by atoms with van der Waals surface area (Å²) in [6.07, 6.45) is 0. The quantitative estimate of drug-likeness (QED) is 0.779. The van der Waals surface area contributed by atoms with Gasteiger partial charge in [-0.2, -0.15) is 0 Å². The molecule has 0 spiro atoms. The predicted octanol–water partition coefficient (Wildman–Crippen LogP) is 4.06. The zero-order chi connectivity index (χ0) is 14.8. The van der Waals surface area contributed by atoms with Gasteiger partial charge in [0.1, 0.15) is 0 Å². The van der Waals surface area contributed by atoms with Crippen LogP contribution in [0.5, 0.6) is 0 Å². The van der Waals surface area contributed by atoms with E-state index in [1.165, 1.54) is 4.31 Å². The summed E-state index contributed by atoms with van der Waals surface area (Å²) in [6.45, 7) is 5.62. The molecule has 20 heavy (non-hydrogen) atoms. The molecule has 5 heteroatoms. The predicted molar refractivity (Wildman–Crippen MR) is 85.4 cm³/mol. The number of halogens is 1. The lowest BCUT2D eigenvalue weighted by atomic mass is 10.2. The normalized spacial score (nSPS) is 11.1. The first-order valence-corrected chi connectivity index (χ1v) is 8.17. The molecule has 0 bridgehead atoms. The van der Waals surface area contributed by atoms with Crippen LogP contribution >= 0.6 is 15.9 Å². The number of para-hydroxylation sites is 1. The number of sulfonamides is 1. The van der Waals surface area contributed by atoms with E-state index in [4.69, 9.17) is 0 Å². The molecule has 0 atom stereocenters. The number of hydrogen-bond acceptors (Lipinski definition) is 2. The number of anilines is 1. The van der Waals surface area contributed by atoms with Gasteiger partial charge in [0.25, 0.3) is 10.0 Å². The molecule has 0 aliphatic rings. The van der Waals surface area contributed by atoms with E-state index < -0.39 is 10.0 Å². The highest BCUT2D eigenvalue weighted by molar-refractivity contribution is 9.11. The second-order valence-electron chi connectivity index (χ2n) is 4.29. The molecule has 0 heterocycles. The summed E-state index contributed by atoms with van der Waals surface area (Å²) in [5.74, 6) is 0. The monoisotopic (exact) mass is 351 g/mol. The molecule has 0 aliphatic carbocycles. The molecule has 0 amide bonds. The van der Waals surface area contributed by atoms with Gasteiger partial charge in [0.05, 0.1) is 15.2 Å². The molecule has 2 rings (SSSR count). The molecule has 2 aromatic carbocycles. The van der Waals surface area contributed by atoms with E-state index in [9.17, 15) is 8.42 Å². The molecule has 0 N–H and O–H groups in total. The fourth-order valence-electron chi connectivity index (χ4n) is 1.79. The molecule has 3 nitrogen and oxygen atoms in total. The lowest BCUT2D eigenvalue weighted by Crippen LogP contribution is -2.27. The highest BCUT2D eigenvalue weighted by Gasteiger charge is 2.26. The van der Waals surface area contributed by atoms with Gasteiger partial charge in [-0.05, 0) is 47.1 Å². The van der Waals surface area contributed by atoms with E-state index in [1.54, 1.807) is 48.5 Å². The molecule has 0 saturated carbocycles. The van der Waals surface area contributed by atoms with Crippen molar-refractivity contribution in [1.29, 1.82) is 0 Å². The van der Waals surface area contributed by atoms with Gasteiger partial charge < -0.3 is 0 Å². The first-order valence-electron chi connectivity index (χ1n) is 5.94. The number of benzene rings is 2. The smallest absolute Gasteiger partial charge is 0.228 e. The molecule has 2 aromatic rings. The van der Waals surface area contributed by atoms with Crippen molar-refractivity contribution in [3.05, 3.63) is 71.3 Å². The van der Waals surface area contributed by atoms with E-state index in [-0.39, 0.29) is 9.50 Å². The Labute approximate surface area is 127 Å². The van der Waals surface area contributed by atoms with Gasteiger partial charge in [0.15, 0.2) is 0 Å². The van der Waals surface area contributed by atoms with E-state index in [1.807, 2.05) is 13.0 Å². The summed E-state index contributed by atoms with van der Waals surface area (Å²) in [6, 6.07) is 15.6. The van der Waals surface area contributed by atoms with Crippen molar-refractivity contribution in [2.24, 2.45) is 0 Å². The van der Waals surface area contributed by atoms with Crippen LogP contribution in [0.1, 0.15) is 5.56 Å². The third kappa shape index (κ3) is 2.94. The van der Waals surface area contributed by atoms with E-state index in [0.29, 0.717) is 5.69 Å². The van der Waals surface area contributed by atoms with Crippen LogP contribution in [0.4, 0.5) is 5.69 Å². The van der Waals surface area contributed by atoms with Gasteiger partial charge in [-0.3, -0.25) is 0 Å². The molecule has 0 fully saturated rings. The van der Waals surface area contributed by atoms with Crippen molar-refractivity contribution in [1.82, 2.24) is 0 Å². The van der Waals surface area contributed by atoms with Crippen LogP contribution in [0.25, 0.3) is 0 Å². The Bertz CT molecular complexity index is 709. The molecule has 0 unspecified atom stereocenters. The summed E-state index contributed by atoms with van der Waals surface area (Å²) in [5.41, 5.74) is 1.54. The summed E-state index contributed by atoms with van der Waals surface area (Å²) in [7, 11) is -3.68. The van der Waals surface area contributed by atoms with Crippen LogP contribution in [-0.2, 0) is 10.0 Å². The molecule has 0 aromatic heterocycles. The summed E-state index contributed by atoms with van der Waals surface area (Å²) in [5, 5.41) is 0. The van der Waals surface area contributed by atoms with Crippen LogP contribution in [0.2, 0.25) is 0 Å². The Morgan fingerprint density at radius 3 is 2.10 bits per heavy atom. The van der Waals surface area contributed by atoms with Gasteiger partial charge in [-0.15, -0.1) is 0 Å². The van der Waals surface area contributed by atoms with E-state index in [0.717, 1.165) is 5.56 Å². The third-order valence-corrected chi connectivity index (χ3v) is 5.14. The van der Waals surface area contributed by atoms with Crippen molar-refractivity contribution < 1.29 is 8.42 Å². The maximum atomic E-state index is 12.7. The van der Waals surface area contributed by atoms with Gasteiger partial charge in [-0.25, -0.2) is 12.7 Å². The molecular formula is C15H14BrNO2S. The summed E-state index contributed by atoms with van der Waals surface area (Å²) >= 11 is 3.18. The van der Waals surface area contributed by atoms with Crippen LogP contribution in [-0.4, -0.2) is 8.42 Å². The van der Waals surface area contributed by atoms with Gasteiger partial charge in [0, 0.05) is 0 Å². The summed E-state index contributed by atoms with van der Waals surface area (Å²) < 4.78 is 26.9. The Balaban J connectivity index is 2.54. The molecule has 0 radical (unpaired) electrons. The average Bonchev–Trinajstić information content (AvgIpc) is 2.39. The minimum absolute atomic E-state index is 0.229. The summed E-state index contributed by atoms with van der Waals surface area (Å²) in [4.78, 5) is 0.229. The molecule has 104 valence electrons. The standard InChI is InChI=1S/C15H14BrNO2S/c1-12-8-10-15(11-9-12)20(18,19)17(13(2)16)14-6-4-3-5-7-14/h3-11H,2H2,1H3. The highest BCUT2D eigenvalue weighted by Crippen LogP contribution is 2.29. The minimum atomic E-state index is -3.68. The largest absolute Gasteiger partial charge is 0.269 e. The maximum absolute atomic E-state index is 12.7. The SMILES string of the molecule is C=C(Br)N(c1ccccc1)S(=O)(=O)c1ccc(C)cc1. The van der Waals surface area contributed by atoms with Gasteiger partial charge in [-0.1, -0.05) is 42.5 Å². The molecule has 0 saturated heterocycles. The number of hydrogen-bond donors (Lipinski definition) is 0. The van der Waals surface area contributed by atoms with Crippen LogP contribution in [0.3, 0.4) is 0 Å². The third-order valence-electron chi connectivity index (χ3n) is 2.77. The molecule has 0 aliphatic heterocycles. The first kappa shape index (κ1) is 14.8. The average molecular weight is 352 g/mol. The number of nitrogens with zero attached hydrogens (tertiary/aromatic N) is 1. The second-order valence-corrected chi connectivity index (χ2v) is 7.00. The minimum Gasteiger partial charge on any atom is -0.228 e. The van der Waals surface area contributed by atoms with Gasteiger partial charge in [0.2, 0.25) is 0 Å². The van der Waals surface area contributed by atoms with Crippen molar-refractivity contribution in [3.8, 4) is 0 Å². The first-order chi connectivity index (χ1) is 9.43. The lowest BCUT2D eigenvalue weighted by molar-refractivity contribution is 0.595. The number of aryl methyl sites for hydroxylation is 1. The van der Waals surface area contributed by atoms with Crippen molar-refractivity contribution >= 4 is 31.6 Å². The van der Waals surface area contributed by atoms with Crippen LogP contribution in [0, 0.1) is 6.92 Å². The number of rotatable bonds is 4. The van der Waals surface area contributed by atoms with E-state index in [2.05, 4.69) is 22.5 Å². The lowest BCUT2D eigenvalue weighted by Gasteiger charge is -2.23. The van der Waals surface area contributed by atoms with Crippen molar-refractivity contribution in [2.45, 2.75) is 11.8 Å². The van der Waals surface area contributed by atoms with Crippen molar-refractivity contribution in [3.63, 3.8) is 0 Å². The fraction of sp³-hybridized carbons (Fsp3) is 0.0667. The second kappa shape index (κ2) is 5.81. The van der Waals surface area contributed by atoms with Crippen molar-refractivity contribution in [2.75, 3.05) is 4.31 Å². The Morgan fingerprint density at radius 1 is 1.05 bits per heavy atom. The zero-order valence-corrected chi connectivity index (χ0v) is 13.4. The van der Waals surface area contributed by atoms with Crippen LogP contribution in [0.15, 0.2) is 70.7 Å². The molecular weight excluding hydrogens is 338 g/mol. The Hall–Kier alpha value is -1.59. The Kier molecular flexibility index (Phi) is 4.30. The highest BCUT2D eigenvalue weighted by atomic mass is 79.9. The van der Waals surface area contributed by atoms with Gasteiger partial charge >= 0.3 is 0 Å². The maximum Gasteiger partial charge on any atom is 0.269 e. The zero-order valence-electron chi connectivity index (χ0n) is 11.0. The Morgan fingerprint density at radius 2 is 1.60 bits per heavy atom. The van der Waals surface area contributed by atoms with E-state index >= 15 is 0 Å². The topological polar surface area (TPSA) is 37.4 Å². The fourth-order valence-corrected chi connectivity index (χ4v) is 3.92. The van der Waals surface area contributed by atoms with Crippen LogP contribution < -0.4 is 4.31 Å².